The standard InChI is InChI=1S/C23H33F3O3/c1-14-4-6-17(7-5-14)18-8-10-19(11-9-18)22(29-27)20-12-15(2)21(16(3)13-20)28-23(24,25)26/h12-14,17-19,22,27H,4-11H2,1-3H3. The van der Waals surface area contributed by atoms with Crippen LogP contribution >= 0.6 is 0 Å². The van der Waals surface area contributed by atoms with Gasteiger partial charge in [-0.1, -0.05) is 19.8 Å². The summed E-state index contributed by atoms with van der Waals surface area (Å²) in [5, 5.41) is 9.60. The van der Waals surface area contributed by atoms with Crippen LogP contribution in [0.15, 0.2) is 12.1 Å². The third kappa shape index (κ3) is 5.66. The highest BCUT2D eigenvalue weighted by Crippen LogP contribution is 2.45. The summed E-state index contributed by atoms with van der Waals surface area (Å²) in [6, 6.07) is 3.28. The third-order valence-electron chi connectivity index (χ3n) is 7.11. The van der Waals surface area contributed by atoms with E-state index in [0.717, 1.165) is 43.4 Å². The minimum absolute atomic E-state index is 0.173. The maximum absolute atomic E-state index is 12.6. The summed E-state index contributed by atoms with van der Waals surface area (Å²) in [6.07, 6.45) is 4.30. The minimum atomic E-state index is -4.72. The fourth-order valence-corrected chi connectivity index (χ4v) is 5.52. The van der Waals surface area contributed by atoms with Crippen LogP contribution in [0.5, 0.6) is 5.75 Å². The lowest BCUT2D eigenvalue weighted by molar-refractivity contribution is -0.296. The predicted molar refractivity (Wildman–Crippen MR) is 106 cm³/mol. The number of halogens is 3. The molecule has 0 aliphatic heterocycles. The van der Waals surface area contributed by atoms with Crippen molar-refractivity contribution in [2.75, 3.05) is 0 Å². The van der Waals surface area contributed by atoms with Gasteiger partial charge in [0.2, 0.25) is 0 Å². The van der Waals surface area contributed by atoms with Gasteiger partial charge in [-0.05, 0) is 105 Å². The first-order valence-electron chi connectivity index (χ1n) is 10.8. The molecule has 1 atom stereocenters. The highest BCUT2D eigenvalue weighted by Gasteiger charge is 2.35. The largest absolute Gasteiger partial charge is 0.573 e. The maximum Gasteiger partial charge on any atom is 0.573 e. The van der Waals surface area contributed by atoms with Crippen molar-refractivity contribution in [3.8, 4) is 5.75 Å². The minimum Gasteiger partial charge on any atom is -0.405 e. The average Bonchev–Trinajstić information content (AvgIpc) is 2.66. The highest BCUT2D eigenvalue weighted by atomic mass is 19.4. The van der Waals surface area contributed by atoms with Gasteiger partial charge in [0, 0.05) is 0 Å². The molecule has 0 amide bonds. The Bertz CT molecular complexity index is 649. The topological polar surface area (TPSA) is 38.7 Å². The van der Waals surface area contributed by atoms with Crippen LogP contribution < -0.4 is 4.74 Å². The molecule has 0 radical (unpaired) electrons. The van der Waals surface area contributed by atoms with Crippen LogP contribution in [-0.2, 0) is 4.89 Å². The van der Waals surface area contributed by atoms with E-state index in [1.807, 2.05) is 0 Å². The summed E-state index contributed by atoms with van der Waals surface area (Å²) in [6.45, 7) is 5.52. The Kier molecular flexibility index (Phi) is 7.15. The summed E-state index contributed by atoms with van der Waals surface area (Å²) in [5.74, 6) is 2.43. The van der Waals surface area contributed by atoms with Crippen LogP contribution in [0.4, 0.5) is 13.2 Å². The molecule has 1 aromatic rings. The molecule has 0 saturated heterocycles. The lowest BCUT2D eigenvalue weighted by Crippen LogP contribution is -2.28. The van der Waals surface area contributed by atoms with E-state index in [4.69, 9.17) is 4.89 Å². The molecule has 2 fully saturated rings. The van der Waals surface area contributed by atoms with Gasteiger partial charge in [-0.2, -0.15) is 0 Å². The molecule has 164 valence electrons. The number of benzene rings is 1. The van der Waals surface area contributed by atoms with E-state index in [1.54, 1.807) is 26.0 Å². The van der Waals surface area contributed by atoms with Crippen LogP contribution in [0.2, 0.25) is 0 Å². The molecular formula is C23H33F3O3. The summed E-state index contributed by atoms with van der Waals surface area (Å²) in [5.41, 5.74) is 1.50. The van der Waals surface area contributed by atoms with E-state index in [-0.39, 0.29) is 11.7 Å². The zero-order valence-corrected chi connectivity index (χ0v) is 17.6. The number of alkyl halides is 3. The van der Waals surface area contributed by atoms with Crippen molar-refractivity contribution in [1.82, 2.24) is 0 Å². The fourth-order valence-electron chi connectivity index (χ4n) is 5.52. The van der Waals surface area contributed by atoms with Crippen molar-refractivity contribution in [2.24, 2.45) is 23.7 Å². The van der Waals surface area contributed by atoms with Gasteiger partial charge in [0.1, 0.15) is 11.9 Å². The number of aryl methyl sites for hydroxylation is 2. The zero-order valence-electron chi connectivity index (χ0n) is 17.6. The Morgan fingerprint density at radius 3 is 1.83 bits per heavy atom. The van der Waals surface area contributed by atoms with Gasteiger partial charge in [0.15, 0.2) is 0 Å². The van der Waals surface area contributed by atoms with Gasteiger partial charge in [-0.3, -0.25) is 5.26 Å². The van der Waals surface area contributed by atoms with E-state index < -0.39 is 12.5 Å². The van der Waals surface area contributed by atoms with E-state index in [1.165, 1.54) is 25.7 Å². The Labute approximate surface area is 171 Å². The van der Waals surface area contributed by atoms with Crippen molar-refractivity contribution in [3.63, 3.8) is 0 Å². The Morgan fingerprint density at radius 2 is 1.38 bits per heavy atom. The molecule has 2 aliphatic rings. The molecule has 3 nitrogen and oxygen atoms in total. The van der Waals surface area contributed by atoms with Crippen LogP contribution in [0, 0.1) is 37.5 Å². The van der Waals surface area contributed by atoms with Crippen LogP contribution in [0.3, 0.4) is 0 Å². The van der Waals surface area contributed by atoms with Gasteiger partial charge in [0.05, 0.1) is 0 Å². The molecule has 0 heterocycles. The Morgan fingerprint density at radius 1 is 0.897 bits per heavy atom. The smallest absolute Gasteiger partial charge is 0.405 e. The van der Waals surface area contributed by atoms with E-state index >= 15 is 0 Å². The van der Waals surface area contributed by atoms with E-state index in [2.05, 4.69) is 11.7 Å². The molecular weight excluding hydrogens is 381 g/mol. The zero-order chi connectivity index (χ0) is 21.2. The van der Waals surface area contributed by atoms with Gasteiger partial charge in [-0.15, -0.1) is 13.2 Å². The number of hydrogen-bond donors (Lipinski definition) is 1. The molecule has 1 unspecified atom stereocenters. The Hall–Kier alpha value is -1.27. The quantitative estimate of drug-likeness (QED) is 0.404. The van der Waals surface area contributed by atoms with Crippen molar-refractivity contribution < 1.29 is 28.1 Å². The molecule has 2 aliphatic carbocycles. The first-order chi connectivity index (χ1) is 13.7. The monoisotopic (exact) mass is 414 g/mol. The molecule has 6 heteroatoms. The maximum atomic E-state index is 12.6. The van der Waals surface area contributed by atoms with Gasteiger partial charge < -0.3 is 4.74 Å². The second-order valence-electron chi connectivity index (χ2n) is 9.25. The van der Waals surface area contributed by atoms with Crippen molar-refractivity contribution >= 4 is 0 Å². The lowest BCUT2D eigenvalue weighted by Gasteiger charge is -2.38. The van der Waals surface area contributed by atoms with Crippen LogP contribution in [0.25, 0.3) is 0 Å². The molecule has 3 rings (SSSR count). The fraction of sp³-hybridized carbons (Fsp3) is 0.739. The van der Waals surface area contributed by atoms with Crippen LogP contribution in [0.1, 0.15) is 81.1 Å². The SMILES string of the molecule is Cc1cc(C(OO)C2CCC(C3CCC(C)CC3)CC2)cc(C)c1OC(F)(F)F. The summed E-state index contributed by atoms with van der Waals surface area (Å²) >= 11 is 0. The highest BCUT2D eigenvalue weighted by molar-refractivity contribution is 5.44. The first-order valence-corrected chi connectivity index (χ1v) is 10.8. The van der Waals surface area contributed by atoms with E-state index in [0.29, 0.717) is 16.7 Å². The molecule has 1 aromatic carbocycles. The van der Waals surface area contributed by atoms with Crippen molar-refractivity contribution in [1.29, 1.82) is 0 Å². The first kappa shape index (κ1) is 22.4. The van der Waals surface area contributed by atoms with E-state index in [9.17, 15) is 18.4 Å². The molecule has 0 bridgehead atoms. The molecule has 29 heavy (non-hydrogen) atoms. The number of ether oxygens (including phenoxy) is 1. The third-order valence-corrected chi connectivity index (χ3v) is 7.11. The summed E-state index contributed by atoms with van der Waals surface area (Å²) in [7, 11) is 0. The van der Waals surface area contributed by atoms with Gasteiger partial charge in [-0.25, -0.2) is 4.89 Å². The average molecular weight is 415 g/mol. The normalized spacial score (nSPS) is 29.5. The summed E-state index contributed by atoms with van der Waals surface area (Å²) in [4.78, 5) is 4.86. The molecule has 2 saturated carbocycles. The van der Waals surface area contributed by atoms with Crippen LogP contribution in [-0.4, -0.2) is 11.6 Å². The van der Waals surface area contributed by atoms with Crippen molar-refractivity contribution in [2.45, 2.75) is 84.6 Å². The lowest BCUT2D eigenvalue weighted by atomic mass is 9.68. The number of hydrogen-bond acceptors (Lipinski definition) is 3. The summed E-state index contributed by atoms with van der Waals surface area (Å²) < 4.78 is 42.1. The second kappa shape index (κ2) is 9.25. The van der Waals surface area contributed by atoms with Gasteiger partial charge >= 0.3 is 6.36 Å². The molecule has 1 N–H and O–H groups in total. The second-order valence-corrected chi connectivity index (χ2v) is 9.25. The van der Waals surface area contributed by atoms with Gasteiger partial charge in [0.25, 0.3) is 0 Å². The van der Waals surface area contributed by atoms with Crippen molar-refractivity contribution in [3.05, 3.63) is 28.8 Å². The number of rotatable bonds is 5. The molecule has 0 spiro atoms. The predicted octanol–water partition coefficient (Wildman–Crippen LogP) is 7.37. The molecule has 0 aromatic heterocycles. The Balaban J connectivity index is 1.66.